The van der Waals surface area contributed by atoms with Crippen molar-refractivity contribution >= 4 is 17.5 Å². The van der Waals surface area contributed by atoms with Gasteiger partial charge in [0.25, 0.3) is 5.91 Å². The van der Waals surface area contributed by atoms with Crippen molar-refractivity contribution in [2.75, 3.05) is 0 Å². The van der Waals surface area contributed by atoms with Crippen molar-refractivity contribution in [3.05, 3.63) is 114 Å². The highest BCUT2D eigenvalue weighted by Crippen LogP contribution is 2.26. The zero-order chi connectivity index (χ0) is 22.8. The first-order valence-corrected chi connectivity index (χ1v) is 10.7. The second kappa shape index (κ2) is 8.80. The number of rotatable bonds is 6. The van der Waals surface area contributed by atoms with E-state index in [4.69, 9.17) is 16.0 Å². The molecule has 1 atom stereocenters. The molecular weight excluding hydrogens is 438 g/mol. The fourth-order valence-corrected chi connectivity index (χ4v) is 3.80. The first-order chi connectivity index (χ1) is 16.1. The molecule has 0 saturated carbocycles. The van der Waals surface area contributed by atoms with Crippen LogP contribution in [0.3, 0.4) is 0 Å². The summed E-state index contributed by atoms with van der Waals surface area (Å²) in [5, 5.41) is 8.30. The number of furan rings is 1. The molecule has 5 aromatic rings. The van der Waals surface area contributed by atoms with Gasteiger partial charge in [0.2, 0.25) is 0 Å². The third-order valence-electron chi connectivity index (χ3n) is 5.31. The Bertz CT molecular complexity index is 1370. The minimum atomic E-state index is -0.438. The smallest absolute Gasteiger partial charge is 0.272 e. The topological polar surface area (TPSA) is 77.9 Å². The average molecular weight is 458 g/mol. The van der Waals surface area contributed by atoms with Gasteiger partial charge in [-0.15, -0.1) is 0 Å². The molecule has 7 nitrogen and oxygen atoms in total. The summed E-state index contributed by atoms with van der Waals surface area (Å²) < 4.78 is 9.15. The van der Waals surface area contributed by atoms with Gasteiger partial charge in [0.1, 0.15) is 17.6 Å². The number of carbonyl (C=O) groups is 1. The Morgan fingerprint density at radius 1 is 1.06 bits per heavy atom. The monoisotopic (exact) mass is 457 g/mol. The fraction of sp³-hybridized carbons (Fsp3) is 0.0800. The quantitative estimate of drug-likeness (QED) is 0.387. The van der Waals surface area contributed by atoms with Crippen LogP contribution in [0.4, 0.5) is 0 Å². The van der Waals surface area contributed by atoms with Crippen molar-refractivity contribution in [1.82, 2.24) is 24.6 Å². The van der Waals surface area contributed by atoms with Crippen LogP contribution in [0.15, 0.2) is 95.9 Å². The number of benzene rings is 2. The third-order valence-corrected chi connectivity index (χ3v) is 5.56. The largest absolute Gasteiger partial charge is 0.463 e. The normalized spacial score (nSPS) is 11.9. The summed E-state index contributed by atoms with van der Waals surface area (Å²) >= 11 is 6.05. The SMILES string of the molecule is Cn1ccnc1C(NC(=O)c1cc(-c2ccco2)n(-c2ccc(Cl)cc2)n1)c1ccccc1. The summed E-state index contributed by atoms with van der Waals surface area (Å²) in [4.78, 5) is 17.8. The number of imidazole rings is 1. The second-order valence-electron chi connectivity index (χ2n) is 7.49. The zero-order valence-corrected chi connectivity index (χ0v) is 18.5. The summed E-state index contributed by atoms with van der Waals surface area (Å²) in [7, 11) is 1.90. The van der Waals surface area contributed by atoms with E-state index in [9.17, 15) is 4.79 Å². The van der Waals surface area contributed by atoms with Crippen molar-refractivity contribution in [1.29, 1.82) is 0 Å². The number of hydrogen-bond donors (Lipinski definition) is 1. The highest BCUT2D eigenvalue weighted by Gasteiger charge is 2.24. The molecule has 3 aromatic heterocycles. The van der Waals surface area contributed by atoms with Gasteiger partial charge in [-0.1, -0.05) is 41.9 Å². The van der Waals surface area contributed by atoms with Crippen molar-refractivity contribution in [2.45, 2.75) is 6.04 Å². The maximum absolute atomic E-state index is 13.4. The lowest BCUT2D eigenvalue weighted by Crippen LogP contribution is -2.31. The summed E-state index contributed by atoms with van der Waals surface area (Å²) in [6.07, 6.45) is 5.14. The Balaban J connectivity index is 1.53. The zero-order valence-electron chi connectivity index (χ0n) is 17.7. The lowest BCUT2D eigenvalue weighted by molar-refractivity contribution is 0.0935. The Hall–Kier alpha value is -4.10. The molecule has 1 unspecified atom stereocenters. The summed E-state index contributed by atoms with van der Waals surface area (Å²) in [6.45, 7) is 0. The molecule has 164 valence electrons. The van der Waals surface area contributed by atoms with Gasteiger partial charge < -0.3 is 14.3 Å². The molecule has 8 heteroatoms. The molecule has 0 aliphatic heterocycles. The van der Waals surface area contributed by atoms with E-state index >= 15 is 0 Å². The van der Waals surface area contributed by atoms with E-state index in [-0.39, 0.29) is 11.6 Å². The van der Waals surface area contributed by atoms with Gasteiger partial charge >= 0.3 is 0 Å². The van der Waals surface area contributed by atoms with Crippen LogP contribution in [0.1, 0.15) is 27.9 Å². The average Bonchev–Trinajstić information content (AvgIpc) is 3.59. The van der Waals surface area contributed by atoms with Crippen LogP contribution < -0.4 is 5.32 Å². The number of carbonyl (C=O) groups excluding carboxylic acids is 1. The molecule has 0 fully saturated rings. The Morgan fingerprint density at radius 3 is 2.52 bits per heavy atom. The number of amides is 1. The van der Waals surface area contributed by atoms with Gasteiger partial charge in [-0.25, -0.2) is 9.67 Å². The van der Waals surface area contributed by atoms with Gasteiger partial charge in [0.15, 0.2) is 11.5 Å². The summed E-state index contributed by atoms with van der Waals surface area (Å²) in [5.41, 5.74) is 2.59. The van der Waals surface area contributed by atoms with Crippen molar-refractivity contribution in [2.24, 2.45) is 7.05 Å². The van der Waals surface area contributed by atoms with Crippen LogP contribution in [0.2, 0.25) is 5.02 Å². The molecule has 0 radical (unpaired) electrons. The molecule has 0 saturated heterocycles. The molecule has 2 aromatic carbocycles. The van der Waals surface area contributed by atoms with Gasteiger partial charge in [-0.3, -0.25) is 4.79 Å². The van der Waals surface area contributed by atoms with Crippen molar-refractivity contribution in [3.8, 4) is 17.1 Å². The number of nitrogens with one attached hydrogen (secondary N) is 1. The number of halogens is 1. The molecule has 33 heavy (non-hydrogen) atoms. The van der Waals surface area contributed by atoms with Gasteiger partial charge in [0, 0.05) is 30.5 Å². The van der Waals surface area contributed by atoms with E-state index in [2.05, 4.69) is 15.4 Å². The first-order valence-electron chi connectivity index (χ1n) is 10.3. The van der Waals surface area contributed by atoms with Crippen LogP contribution in [0.5, 0.6) is 0 Å². The van der Waals surface area contributed by atoms with Crippen LogP contribution in [0, 0.1) is 0 Å². The molecule has 1 N–H and O–H groups in total. The molecule has 5 rings (SSSR count). The van der Waals surface area contributed by atoms with E-state index in [1.54, 1.807) is 41.4 Å². The number of nitrogens with zero attached hydrogens (tertiary/aromatic N) is 4. The standard InChI is InChI=1S/C25H20ClN5O2/c1-30-14-13-27-24(30)23(17-6-3-2-4-7-17)28-25(32)20-16-21(22-8-5-15-33-22)31(29-20)19-11-9-18(26)10-12-19/h2-16,23H,1H3,(H,28,32). The van der Waals surface area contributed by atoms with Crippen molar-refractivity contribution < 1.29 is 9.21 Å². The van der Waals surface area contributed by atoms with Gasteiger partial charge in [-0.2, -0.15) is 5.10 Å². The second-order valence-corrected chi connectivity index (χ2v) is 7.93. The Kier molecular flexibility index (Phi) is 5.54. The lowest BCUT2D eigenvalue weighted by Gasteiger charge is -2.18. The fourth-order valence-electron chi connectivity index (χ4n) is 3.67. The van der Waals surface area contributed by atoms with Crippen molar-refractivity contribution in [3.63, 3.8) is 0 Å². The van der Waals surface area contributed by atoms with E-state index in [1.807, 2.05) is 66.3 Å². The van der Waals surface area contributed by atoms with E-state index in [1.165, 1.54) is 0 Å². The van der Waals surface area contributed by atoms with E-state index in [0.717, 1.165) is 17.1 Å². The van der Waals surface area contributed by atoms with Crippen LogP contribution >= 0.6 is 11.6 Å². The third kappa shape index (κ3) is 4.18. The molecule has 1 amide bonds. The molecule has 0 aliphatic rings. The maximum atomic E-state index is 13.4. The maximum Gasteiger partial charge on any atom is 0.272 e. The number of aryl methyl sites for hydroxylation is 1. The summed E-state index contributed by atoms with van der Waals surface area (Å²) in [6, 6.07) is 21.8. The highest BCUT2D eigenvalue weighted by molar-refractivity contribution is 6.30. The molecule has 3 heterocycles. The molecule has 0 aliphatic carbocycles. The van der Waals surface area contributed by atoms with Crippen LogP contribution in [-0.4, -0.2) is 25.2 Å². The minimum absolute atomic E-state index is 0.256. The number of aromatic nitrogens is 4. The number of hydrogen-bond acceptors (Lipinski definition) is 4. The molecule has 0 bridgehead atoms. The Labute approximate surface area is 195 Å². The summed E-state index contributed by atoms with van der Waals surface area (Å²) in [5.74, 6) is 0.991. The highest BCUT2D eigenvalue weighted by atomic mass is 35.5. The predicted molar refractivity (Wildman–Crippen MR) is 125 cm³/mol. The first kappa shape index (κ1) is 20.8. The van der Waals surface area contributed by atoms with Crippen LogP contribution in [0.25, 0.3) is 17.1 Å². The van der Waals surface area contributed by atoms with Gasteiger partial charge in [-0.05, 0) is 42.0 Å². The van der Waals surface area contributed by atoms with Crippen LogP contribution in [-0.2, 0) is 7.05 Å². The van der Waals surface area contributed by atoms with E-state index in [0.29, 0.717) is 16.5 Å². The van der Waals surface area contributed by atoms with Gasteiger partial charge in [0.05, 0.1) is 12.0 Å². The molecule has 0 spiro atoms. The lowest BCUT2D eigenvalue weighted by atomic mass is 10.1. The minimum Gasteiger partial charge on any atom is -0.463 e. The predicted octanol–water partition coefficient (Wildman–Crippen LogP) is 5.04. The van der Waals surface area contributed by atoms with E-state index < -0.39 is 6.04 Å². The molecular formula is C25H20ClN5O2. The Morgan fingerprint density at radius 2 is 1.85 bits per heavy atom.